The Morgan fingerprint density at radius 3 is 2.54 bits per heavy atom. The molecule has 0 saturated carbocycles. The van der Waals surface area contributed by atoms with Gasteiger partial charge in [0.15, 0.2) is 0 Å². The number of nitrogens with zero attached hydrogens (tertiary/aromatic N) is 3. The molecule has 0 bridgehead atoms. The van der Waals surface area contributed by atoms with Crippen LogP contribution in [0.5, 0.6) is 11.6 Å². The molecule has 1 aliphatic heterocycles. The summed E-state index contributed by atoms with van der Waals surface area (Å²) in [4.78, 5) is 0. The zero-order chi connectivity index (χ0) is 18.3. The molecule has 2 heterocycles. The van der Waals surface area contributed by atoms with E-state index in [4.69, 9.17) is 10.5 Å². The van der Waals surface area contributed by atoms with Crippen LogP contribution < -0.4 is 10.5 Å². The minimum Gasteiger partial charge on any atom is -0.508 e. The number of nitrogens with two attached hydrogens (primary N) is 1. The molecule has 3 N–H and O–H groups in total. The Kier molecular flexibility index (Phi) is 3.63. The number of fused-ring (bicyclic) bond motifs is 1. The Morgan fingerprint density at radius 2 is 1.85 bits per heavy atom. The van der Waals surface area contributed by atoms with Crippen molar-refractivity contribution in [3.63, 3.8) is 0 Å². The topological polar surface area (TPSA) is 97.1 Å². The number of phenols is 1. The number of aromatic nitrogens is 2. The van der Waals surface area contributed by atoms with Crippen molar-refractivity contribution in [3.05, 3.63) is 82.9 Å². The van der Waals surface area contributed by atoms with Gasteiger partial charge in [-0.2, -0.15) is 10.4 Å². The molecule has 6 nitrogen and oxygen atoms in total. The van der Waals surface area contributed by atoms with Crippen molar-refractivity contribution in [2.45, 2.75) is 12.8 Å². The molecule has 0 saturated heterocycles. The van der Waals surface area contributed by atoms with Crippen LogP contribution in [0.2, 0.25) is 0 Å². The number of nitriles is 1. The maximum atomic E-state index is 10.4. The molecule has 0 aliphatic carbocycles. The molecule has 128 valence electrons. The molecule has 3 aromatic rings. The average molecular weight is 344 g/mol. The largest absolute Gasteiger partial charge is 0.508 e. The summed E-state index contributed by atoms with van der Waals surface area (Å²) in [6.45, 7) is 1.85. The highest BCUT2D eigenvalue weighted by Gasteiger charge is 2.37. The third-order valence-corrected chi connectivity index (χ3v) is 4.48. The van der Waals surface area contributed by atoms with Crippen molar-refractivity contribution in [1.29, 1.82) is 5.26 Å². The molecule has 4 rings (SSSR count). The molecule has 1 aliphatic rings. The maximum Gasteiger partial charge on any atom is 0.229 e. The SMILES string of the molecule is Cc1nn(-c2ccccc2)c2c1C(c1ccccc1O)C(C#N)=C(N)O2. The number of aromatic hydroxyl groups is 1. The van der Waals surface area contributed by atoms with Gasteiger partial charge in [-0.15, -0.1) is 0 Å². The van der Waals surface area contributed by atoms with Gasteiger partial charge in [0.1, 0.15) is 17.4 Å². The van der Waals surface area contributed by atoms with Crippen LogP contribution >= 0.6 is 0 Å². The van der Waals surface area contributed by atoms with Crippen molar-refractivity contribution in [3.8, 4) is 23.4 Å². The van der Waals surface area contributed by atoms with Gasteiger partial charge in [0.2, 0.25) is 11.8 Å². The van der Waals surface area contributed by atoms with E-state index in [-0.39, 0.29) is 17.2 Å². The van der Waals surface area contributed by atoms with E-state index in [9.17, 15) is 10.4 Å². The minimum atomic E-state index is -0.539. The Hall–Kier alpha value is -3.72. The number of benzene rings is 2. The number of rotatable bonds is 2. The highest BCUT2D eigenvalue weighted by atomic mass is 16.5. The number of para-hydroxylation sites is 2. The lowest BCUT2D eigenvalue weighted by Gasteiger charge is -2.25. The smallest absolute Gasteiger partial charge is 0.229 e. The van der Waals surface area contributed by atoms with Crippen molar-refractivity contribution < 1.29 is 9.84 Å². The Labute approximate surface area is 150 Å². The number of hydrogen-bond acceptors (Lipinski definition) is 5. The molecule has 1 atom stereocenters. The summed E-state index contributed by atoms with van der Waals surface area (Å²) in [5.74, 6) is 0.0314. The van der Waals surface area contributed by atoms with E-state index in [0.29, 0.717) is 17.1 Å². The molecular weight excluding hydrogens is 328 g/mol. The average Bonchev–Trinajstić information content (AvgIpc) is 2.98. The first kappa shape index (κ1) is 15.8. The third-order valence-electron chi connectivity index (χ3n) is 4.48. The van der Waals surface area contributed by atoms with Crippen LogP contribution in [0.25, 0.3) is 5.69 Å². The van der Waals surface area contributed by atoms with Gasteiger partial charge < -0.3 is 15.6 Å². The zero-order valence-corrected chi connectivity index (χ0v) is 14.0. The predicted molar refractivity (Wildman–Crippen MR) is 95.7 cm³/mol. The van der Waals surface area contributed by atoms with Crippen molar-refractivity contribution in [2.75, 3.05) is 0 Å². The Morgan fingerprint density at radius 1 is 1.15 bits per heavy atom. The van der Waals surface area contributed by atoms with Gasteiger partial charge in [-0.05, 0) is 25.1 Å². The second-order valence-corrected chi connectivity index (χ2v) is 6.04. The number of phenolic OH excluding ortho intramolecular Hbond substituents is 1. The first-order valence-corrected chi connectivity index (χ1v) is 8.12. The Balaban J connectivity index is 1.99. The van der Waals surface area contributed by atoms with Crippen molar-refractivity contribution in [2.24, 2.45) is 5.73 Å². The summed E-state index contributed by atoms with van der Waals surface area (Å²) in [6.07, 6.45) is 0. The predicted octanol–water partition coefficient (Wildman–Crippen LogP) is 3.10. The summed E-state index contributed by atoms with van der Waals surface area (Å²) in [5.41, 5.74) is 9.15. The van der Waals surface area contributed by atoms with E-state index in [0.717, 1.165) is 11.3 Å². The van der Waals surface area contributed by atoms with Crippen molar-refractivity contribution >= 4 is 0 Å². The summed E-state index contributed by atoms with van der Waals surface area (Å²) in [6, 6.07) is 18.6. The zero-order valence-electron chi connectivity index (χ0n) is 14.0. The lowest BCUT2D eigenvalue weighted by atomic mass is 9.83. The van der Waals surface area contributed by atoms with Gasteiger partial charge in [-0.1, -0.05) is 36.4 Å². The van der Waals surface area contributed by atoms with Gasteiger partial charge in [0.25, 0.3) is 0 Å². The van der Waals surface area contributed by atoms with E-state index in [2.05, 4.69) is 11.2 Å². The molecule has 6 heteroatoms. The summed E-state index contributed by atoms with van der Waals surface area (Å²) in [5, 5.41) is 24.6. The van der Waals surface area contributed by atoms with Crippen LogP contribution in [0, 0.1) is 18.3 Å². The van der Waals surface area contributed by atoms with Gasteiger partial charge in [-0.25, -0.2) is 4.68 Å². The van der Waals surface area contributed by atoms with Crippen molar-refractivity contribution in [1.82, 2.24) is 9.78 Å². The number of allylic oxidation sites excluding steroid dienone is 1. The molecule has 0 radical (unpaired) electrons. The highest BCUT2D eigenvalue weighted by Crippen LogP contribution is 2.46. The molecule has 1 aromatic heterocycles. The molecule has 0 fully saturated rings. The number of aryl methyl sites for hydroxylation is 1. The van der Waals surface area contributed by atoms with Crippen LogP contribution in [-0.2, 0) is 0 Å². The van der Waals surface area contributed by atoms with Gasteiger partial charge in [0, 0.05) is 5.56 Å². The van der Waals surface area contributed by atoms with Crippen LogP contribution in [0.4, 0.5) is 0 Å². The molecular formula is C20H16N4O2. The summed E-state index contributed by atoms with van der Waals surface area (Å²) < 4.78 is 7.45. The summed E-state index contributed by atoms with van der Waals surface area (Å²) in [7, 11) is 0. The Bertz CT molecular complexity index is 1060. The number of ether oxygens (including phenoxy) is 1. The second kappa shape index (κ2) is 5.97. The normalized spacial score (nSPS) is 15.9. The first-order valence-electron chi connectivity index (χ1n) is 8.12. The molecule has 0 spiro atoms. The summed E-state index contributed by atoms with van der Waals surface area (Å²) >= 11 is 0. The molecule has 1 unspecified atom stereocenters. The van der Waals surface area contributed by atoms with Gasteiger partial charge in [-0.3, -0.25) is 0 Å². The van der Waals surface area contributed by atoms with Crippen LogP contribution in [-0.4, -0.2) is 14.9 Å². The standard InChI is InChI=1S/C20H16N4O2/c1-12-17-18(14-9-5-6-10-16(14)25)15(11-21)19(22)26-20(17)24(23-12)13-7-3-2-4-8-13/h2-10,18,25H,22H2,1H3. The fourth-order valence-electron chi connectivity index (χ4n) is 3.30. The lowest BCUT2D eigenvalue weighted by Crippen LogP contribution is -2.22. The lowest BCUT2D eigenvalue weighted by molar-refractivity contribution is 0.366. The van der Waals surface area contributed by atoms with Crippen LogP contribution in [0.1, 0.15) is 22.7 Å². The fourth-order valence-corrected chi connectivity index (χ4v) is 3.30. The van der Waals surface area contributed by atoms with E-state index >= 15 is 0 Å². The van der Waals surface area contributed by atoms with E-state index < -0.39 is 5.92 Å². The highest BCUT2D eigenvalue weighted by molar-refractivity contribution is 5.59. The maximum absolute atomic E-state index is 10.4. The van der Waals surface area contributed by atoms with Crippen LogP contribution in [0.3, 0.4) is 0 Å². The van der Waals surface area contributed by atoms with Gasteiger partial charge >= 0.3 is 0 Å². The minimum absolute atomic E-state index is 0.0188. The van der Waals surface area contributed by atoms with E-state index in [1.54, 1.807) is 22.9 Å². The van der Waals surface area contributed by atoms with Gasteiger partial charge in [0.05, 0.1) is 22.9 Å². The number of hydrogen-bond donors (Lipinski definition) is 2. The quantitative estimate of drug-likeness (QED) is 0.744. The van der Waals surface area contributed by atoms with E-state index in [1.165, 1.54) is 0 Å². The molecule has 2 aromatic carbocycles. The first-order chi connectivity index (χ1) is 12.6. The second-order valence-electron chi connectivity index (χ2n) is 6.04. The van der Waals surface area contributed by atoms with E-state index in [1.807, 2.05) is 43.3 Å². The molecule has 26 heavy (non-hydrogen) atoms. The third kappa shape index (κ3) is 2.30. The monoisotopic (exact) mass is 344 g/mol. The van der Waals surface area contributed by atoms with Crippen LogP contribution in [0.15, 0.2) is 66.1 Å². The molecule has 0 amide bonds. The fraction of sp³-hybridized carbons (Fsp3) is 0.100.